The molecule has 0 aromatic heterocycles. The normalized spacial score (nSPS) is 13.6. The number of carbonyl (C=O) groups is 2. The molecule has 1 aliphatic rings. The maximum absolute atomic E-state index is 12.3. The van der Waals surface area contributed by atoms with Crippen LogP contribution >= 0.6 is 12.2 Å². The van der Waals surface area contributed by atoms with Crippen LogP contribution in [0.4, 0.5) is 11.4 Å². The second-order valence-corrected chi connectivity index (χ2v) is 7.09. The maximum Gasteiger partial charge on any atom is 0.257 e. The van der Waals surface area contributed by atoms with Gasteiger partial charge in [-0.25, -0.2) is 0 Å². The minimum absolute atomic E-state index is 0.119. The molecule has 2 N–H and O–H groups in total. The summed E-state index contributed by atoms with van der Waals surface area (Å²) >= 11 is 5.25. The van der Waals surface area contributed by atoms with Gasteiger partial charge in [0.1, 0.15) is 5.75 Å². The first-order valence-corrected chi connectivity index (χ1v) is 9.74. The molecular formula is C21H24N4O3S. The van der Waals surface area contributed by atoms with Crippen LogP contribution in [0.2, 0.25) is 0 Å². The standard InChI is InChI=1S/C21H24N4O3S/c1-15(26)24-10-12-25(13-11-24)18-8-6-17(7-9-18)22-21(29)23-20(27)16-4-3-5-19(14-16)28-2/h3-9,14H,10-13H2,1-2H3,(H2,22,23,27,29). The first kappa shape index (κ1) is 20.6. The predicted octanol–water partition coefficient (Wildman–Crippen LogP) is 2.49. The minimum Gasteiger partial charge on any atom is -0.497 e. The van der Waals surface area contributed by atoms with Crippen molar-refractivity contribution in [2.75, 3.05) is 43.5 Å². The molecule has 2 aromatic rings. The summed E-state index contributed by atoms with van der Waals surface area (Å²) in [6.07, 6.45) is 0. The lowest BCUT2D eigenvalue weighted by molar-refractivity contribution is -0.129. The van der Waals surface area contributed by atoms with Gasteiger partial charge in [-0.15, -0.1) is 0 Å². The van der Waals surface area contributed by atoms with Gasteiger partial charge in [0, 0.05) is 50.0 Å². The van der Waals surface area contributed by atoms with E-state index in [0.29, 0.717) is 11.3 Å². The lowest BCUT2D eigenvalue weighted by Crippen LogP contribution is -2.48. The Hall–Kier alpha value is -3.13. The number of nitrogens with one attached hydrogen (secondary N) is 2. The van der Waals surface area contributed by atoms with Crippen LogP contribution in [0.15, 0.2) is 48.5 Å². The summed E-state index contributed by atoms with van der Waals surface area (Å²) in [6.45, 7) is 4.68. The topological polar surface area (TPSA) is 73.9 Å². The van der Waals surface area contributed by atoms with Gasteiger partial charge in [0.25, 0.3) is 5.91 Å². The number of thiocarbonyl (C=S) groups is 1. The van der Waals surface area contributed by atoms with Gasteiger partial charge in [-0.3, -0.25) is 14.9 Å². The maximum atomic E-state index is 12.3. The van der Waals surface area contributed by atoms with Crippen molar-refractivity contribution >= 4 is 40.5 Å². The molecule has 0 unspecified atom stereocenters. The predicted molar refractivity (Wildman–Crippen MR) is 118 cm³/mol. The fourth-order valence-electron chi connectivity index (χ4n) is 3.14. The van der Waals surface area contributed by atoms with E-state index in [4.69, 9.17) is 17.0 Å². The number of benzene rings is 2. The molecule has 0 radical (unpaired) electrons. The fraction of sp³-hybridized carbons (Fsp3) is 0.286. The number of carbonyl (C=O) groups excluding carboxylic acids is 2. The second kappa shape index (κ2) is 9.38. The number of hydrogen-bond donors (Lipinski definition) is 2. The van der Waals surface area contributed by atoms with Crippen LogP contribution in [-0.4, -0.2) is 55.1 Å². The first-order chi connectivity index (χ1) is 14.0. The van der Waals surface area contributed by atoms with E-state index in [1.807, 2.05) is 29.2 Å². The Morgan fingerprint density at radius 2 is 1.72 bits per heavy atom. The van der Waals surface area contributed by atoms with Crippen LogP contribution in [-0.2, 0) is 4.79 Å². The lowest BCUT2D eigenvalue weighted by atomic mass is 10.2. The number of nitrogens with zero attached hydrogens (tertiary/aromatic N) is 2. The van der Waals surface area contributed by atoms with Gasteiger partial charge in [0.2, 0.25) is 5.91 Å². The van der Waals surface area contributed by atoms with Gasteiger partial charge in [-0.05, 0) is 54.7 Å². The molecule has 1 saturated heterocycles. The zero-order valence-corrected chi connectivity index (χ0v) is 17.3. The van der Waals surface area contributed by atoms with Crippen molar-refractivity contribution in [3.05, 3.63) is 54.1 Å². The van der Waals surface area contributed by atoms with Gasteiger partial charge >= 0.3 is 0 Å². The van der Waals surface area contributed by atoms with Crippen molar-refractivity contribution in [3.63, 3.8) is 0 Å². The zero-order valence-electron chi connectivity index (χ0n) is 16.5. The Kier molecular flexibility index (Phi) is 6.66. The van der Waals surface area contributed by atoms with Crippen LogP contribution in [0.25, 0.3) is 0 Å². The van der Waals surface area contributed by atoms with Crippen molar-refractivity contribution in [2.24, 2.45) is 0 Å². The number of methoxy groups -OCH3 is 1. The molecule has 2 amide bonds. The van der Waals surface area contributed by atoms with Crippen molar-refractivity contribution in [1.29, 1.82) is 0 Å². The highest BCUT2D eigenvalue weighted by Gasteiger charge is 2.18. The monoisotopic (exact) mass is 412 g/mol. The van der Waals surface area contributed by atoms with Crippen LogP contribution in [0, 0.1) is 0 Å². The Morgan fingerprint density at radius 1 is 1.03 bits per heavy atom. The van der Waals surface area contributed by atoms with E-state index < -0.39 is 0 Å². The summed E-state index contributed by atoms with van der Waals surface area (Å²) in [5, 5.41) is 5.91. The number of piperazine rings is 1. The Balaban J connectivity index is 1.53. The van der Waals surface area contributed by atoms with E-state index in [9.17, 15) is 9.59 Å². The summed E-state index contributed by atoms with van der Waals surface area (Å²) < 4.78 is 5.13. The highest BCUT2D eigenvalue weighted by Crippen LogP contribution is 2.20. The second-order valence-electron chi connectivity index (χ2n) is 6.68. The Morgan fingerprint density at radius 3 is 2.34 bits per heavy atom. The zero-order chi connectivity index (χ0) is 20.8. The summed E-state index contributed by atoms with van der Waals surface area (Å²) in [6, 6.07) is 14.7. The molecular weight excluding hydrogens is 388 g/mol. The first-order valence-electron chi connectivity index (χ1n) is 9.33. The van der Waals surface area contributed by atoms with E-state index >= 15 is 0 Å². The van der Waals surface area contributed by atoms with E-state index in [-0.39, 0.29) is 16.9 Å². The van der Waals surface area contributed by atoms with Crippen molar-refractivity contribution in [3.8, 4) is 5.75 Å². The SMILES string of the molecule is COc1cccc(C(=O)NC(=S)Nc2ccc(N3CCN(C(C)=O)CC3)cc2)c1. The molecule has 152 valence electrons. The number of rotatable bonds is 4. The molecule has 7 nitrogen and oxygen atoms in total. The molecule has 0 spiro atoms. The third-order valence-corrected chi connectivity index (χ3v) is 4.98. The highest BCUT2D eigenvalue weighted by molar-refractivity contribution is 7.80. The molecule has 8 heteroatoms. The van der Waals surface area contributed by atoms with Gasteiger partial charge in [-0.1, -0.05) is 6.07 Å². The molecule has 29 heavy (non-hydrogen) atoms. The molecule has 0 atom stereocenters. The molecule has 1 fully saturated rings. The summed E-state index contributed by atoms with van der Waals surface area (Å²) in [7, 11) is 1.55. The summed E-state index contributed by atoms with van der Waals surface area (Å²) in [5.74, 6) is 0.423. The van der Waals surface area contributed by atoms with Crippen LogP contribution in [0.1, 0.15) is 17.3 Å². The van der Waals surface area contributed by atoms with Crippen LogP contribution < -0.4 is 20.3 Å². The molecule has 1 heterocycles. The third-order valence-electron chi connectivity index (χ3n) is 4.77. The molecule has 0 bridgehead atoms. The third kappa shape index (κ3) is 5.45. The molecule has 2 aromatic carbocycles. The van der Waals surface area contributed by atoms with Gasteiger partial charge in [0.05, 0.1) is 7.11 Å². The summed E-state index contributed by atoms with van der Waals surface area (Å²) in [4.78, 5) is 27.9. The van der Waals surface area contributed by atoms with E-state index in [1.54, 1.807) is 38.3 Å². The molecule has 3 rings (SSSR count). The number of hydrogen-bond acceptors (Lipinski definition) is 5. The van der Waals surface area contributed by atoms with Crippen LogP contribution in [0.3, 0.4) is 0 Å². The van der Waals surface area contributed by atoms with Crippen molar-refractivity contribution in [2.45, 2.75) is 6.92 Å². The minimum atomic E-state index is -0.304. The fourth-order valence-corrected chi connectivity index (χ4v) is 3.35. The smallest absolute Gasteiger partial charge is 0.257 e. The molecule has 0 aliphatic carbocycles. The lowest BCUT2D eigenvalue weighted by Gasteiger charge is -2.35. The largest absolute Gasteiger partial charge is 0.497 e. The van der Waals surface area contributed by atoms with E-state index in [0.717, 1.165) is 37.6 Å². The highest BCUT2D eigenvalue weighted by atomic mass is 32.1. The Labute approximate surface area is 175 Å². The van der Waals surface area contributed by atoms with Gasteiger partial charge < -0.3 is 19.9 Å². The Bertz CT molecular complexity index is 893. The van der Waals surface area contributed by atoms with Crippen molar-refractivity contribution < 1.29 is 14.3 Å². The van der Waals surface area contributed by atoms with Gasteiger partial charge in [-0.2, -0.15) is 0 Å². The number of ether oxygens (including phenoxy) is 1. The molecule has 1 aliphatic heterocycles. The van der Waals surface area contributed by atoms with E-state index in [2.05, 4.69) is 15.5 Å². The van der Waals surface area contributed by atoms with Gasteiger partial charge in [0.15, 0.2) is 5.11 Å². The number of anilines is 2. The number of amides is 2. The summed E-state index contributed by atoms with van der Waals surface area (Å²) in [5.41, 5.74) is 2.34. The molecule has 0 saturated carbocycles. The average Bonchev–Trinajstić information content (AvgIpc) is 2.74. The van der Waals surface area contributed by atoms with Crippen LogP contribution in [0.5, 0.6) is 5.75 Å². The van der Waals surface area contributed by atoms with E-state index in [1.165, 1.54) is 0 Å². The quantitative estimate of drug-likeness (QED) is 0.752. The van der Waals surface area contributed by atoms with Crippen molar-refractivity contribution in [1.82, 2.24) is 10.2 Å². The average molecular weight is 413 g/mol.